The highest BCUT2D eigenvalue weighted by Crippen LogP contribution is 2.08. The van der Waals surface area contributed by atoms with Gasteiger partial charge in [-0.05, 0) is 52.4 Å². The fraction of sp³-hybridized carbons (Fsp3) is 0.786. The van der Waals surface area contributed by atoms with Crippen LogP contribution in [0.5, 0.6) is 0 Å². The van der Waals surface area contributed by atoms with Crippen LogP contribution in [0.1, 0.15) is 38.4 Å². The van der Waals surface area contributed by atoms with Gasteiger partial charge in [-0.2, -0.15) is 0 Å². The van der Waals surface area contributed by atoms with E-state index in [0.29, 0.717) is 0 Å². The summed E-state index contributed by atoms with van der Waals surface area (Å²) in [5.41, 5.74) is 0. The van der Waals surface area contributed by atoms with Gasteiger partial charge in [-0.1, -0.05) is 6.42 Å². The standard InChI is InChI=1S/C14H26N4/c1-2-18-12-8-16-14(18)13-15-7-6-11-17-9-4-3-5-10-17/h8,12,15H,2-7,9-11,13H2,1H3. The molecule has 0 bridgehead atoms. The molecule has 0 unspecified atom stereocenters. The highest BCUT2D eigenvalue weighted by Gasteiger charge is 2.08. The Labute approximate surface area is 110 Å². The van der Waals surface area contributed by atoms with Crippen molar-refractivity contribution >= 4 is 0 Å². The molecule has 4 heteroatoms. The van der Waals surface area contributed by atoms with Crippen molar-refractivity contribution in [2.75, 3.05) is 26.2 Å². The second-order valence-electron chi connectivity index (χ2n) is 5.06. The van der Waals surface area contributed by atoms with Gasteiger partial charge in [-0.15, -0.1) is 0 Å². The lowest BCUT2D eigenvalue weighted by molar-refractivity contribution is 0.225. The Morgan fingerprint density at radius 1 is 1.28 bits per heavy atom. The first kappa shape index (κ1) is 13.6. The van der Waals surface area contributed by atoms with Crippen LogP contribution >= 0.6 is 0 Å². The quantitative estimate of drug-likeness (QED) is 0.750. The zero-order valence-corrected chi connectivity index (χ0v) is 11.6. The Hall–Kier alpha value is -0.870. The number of hydrogen-bond donors (Lipinski definition) is 1. The lowest BCUT2D eigenvalue weighted by Gasteiger charge is -2.26. The first-order valence-electron chi connectivity index (χ1n) is 7.33. The van der Waals surface area contributed by atoms with Gasteiger partial charge in [-0.3, -0.25) is 0 Å². The number of aromatic nitrogens is 2. The van der Waals surface area contributed by atoms with E-state index >= 15 is 0 Å². The second-order valence-corrected chi connectivity index (χ2v) is 5.06. The number of nitrogens with one attached hydrogen (secondary N) is 1. The molecule has 1 aliphatic heterocycles. The van der Waals surface area contributed by atoms with E-state index in [4.69, 9.17) is 0 Å². The summed E-state index contributed by atoms with van der Waals surface area (Å²) in [6.07, 6.45) is 9.38. The third-order valence-corrected chi connectivity index (χ3v) is 3.70. The summed E-state index contributed by atoms with van der Waals surface area (Å²) < 4.78 is 2.19. The van der Waals surface area contributed by atoms with E-state index in [2.05, 4.69) is 26.7 Å². The Kier molecular flexibility index (Phi) is 5.68. The number of likely N-dealkylation sites (tertiary alicyclic amines) is 1. The van der Waals surface area contributed by atoms with Crippen molar-refractivity contribution < 1.29 is 0 Å². The Morgan fingerprint density at radius 2 is 2.11 bits per heavy atom. The van der Waals surface area contributed by atoms with Crippen molar-refractivity contribution in [2.24, 2.45) is 0 Å². The van der Waals surface area contributed by atoms with Crippen molar-refractivity contribution in [3.05, 3.63) is 18.2 Å². The summed E-state index contributed by atoms with van der Waals surface area (Å²) in [5.74, 6) is 1.15. The van der Waals surface area contributed by atoms with Crippen LogP contribution in [0, 0.1) is 0 Å². The number of nitrogens with zero attached hydrogens (tertiary/aromatic N) is 3. The minimum absolute atomic E-state index is 0.890. The third-order valence-electron chi connectivity index (χ3n) is 3.70. The van der Waals surface area contributed by atoms with E-state index in [1.165, 1.54) is 45.3 Å². The van der Waals surface area contributed by atoms with Gasteiger partial charge in [0, 0.05) is 18.9 Å². The second kappa shape index (κ2) is 7.54. The Balaban J connectivity index is 1.55. The zero-order chi connectivity index (χ0) is 12.6. The topological polar surface area (TPSA) is 33.1 Å². The Morgan fingerprint density at radius 3 is 2.89 bits per heavy atom. The van der Waals surface area contributed by atoms with E-state index < -0.39 is 0 Å². The normalized spacial score (nSPS) is 17.2. The van der Waals surface area contributed by atoms with Crippen LogP contribution in [0.4, 0.5) is 0 Å². The third kappa shape index (κ3) is 4.10. The van der Waals surface area contributed by atoms with Crippen molar-refractivity contribution in [2.45, 2.75) is 45.7 Å². The van der Waals surface area contributed by atoms with Gasteiger partial charge in [0.25, 0.3) is 0 Å². The highest BCUT2D eigenvalue weighted by atomic mass is 15.1. The van der Waals surface area contributed by atoms with Gasteiger partial charge in [-0.25, -0.2) is 4.98 Å². The van der Waals surface area contributed by atoms with Gasteiger partial charge in [0.2, 0.25) is 0 Å². The minimum Gasteiger partial charge on any atom is -0.334 e. The molecule has 18 heavy (non-hydrogen) atoms. The summed E-state index contributed by atoms with van der Waals surface area (Å²) in [5, 5.41) is 3.49. The number of imidazole rings is 1. The minimum atomic E-state index is 0.890. The lowest BCUT2D eigenvalue weighted by atomic mass is 10.1. The average molecular weight is 250 g/mol. The highest BCUT2D eigenvalue weighted by molar-refractivity contribution is 4.91. The molecule has 102 valence electrons. The van der Waals surface area contributed by atoms with Crippen molar-refractivity contribution in [1.82, 2.24) is 19.8 Å². The van der Waals surface area contributed by atoms with Crippen LogP contribution in [0.25, 0.3) is 0 Å². The van der Waals surface area contributed by atoms with Gasteiger partial charge in [0.15, 0.2) is 0 Å². The predicted molar refractivity (Wildman–Crippen MR) is 74.5 cm³/mol. The molecule has 0 spiro atoms. The van der Waals surface area contributed by atoms with Gasteiger partial charge >= 0.3 is 0 Å². The van der Waals surface area contributed by atoms with Crippen LogP contribution in [0.3, 0.4) is 0 Å². The van der Waals surface area contributed by atoms with Gasteiger partial charge < -0.3 is 14.8 Å². The maximum atomic E-state index is 4.36. The molecule has 0 aromatic carbocycles. The summed E-state index contributed by atoms with van der Waals surface area (Å²) in [6.45, 7) is 9.00. The fourth-order valence-electron chi connectivity index (χ4n) is 2.61. The molecule has 0 radical (unpaired) electrons. The molecule has 0 atom stereocenters. The van der Waals surface area contributed by atoms with E-state index in [1.54, 1.807) is 0 Å². The molecule has 0 amide bonds. The SMILES string of the molecule is CCn1ccnc1CNCCCN1CCCCC1. The molecular weight excluding hydrogens is 224 g/mol. The molecule has 1 N–H and O–H groups in total. The van der Waals surface area contributed by atoms with Crippen LogP contribution in [-0.2, 0) is 13.1 Å². The molecule has 1 fully saturated rings. The molecule has 0 aliphatic carbocycles. The number of rotatable bonds is 7. The van der Waals surface area contributed by atoms with Gasteiger partial charge in [0.1, 0.15) is 5.82 Å². The molecule has 1 saturated heterocycles. The number of hydrogen-bond acceptors (Lipinski definition) is 3. The van der Waals surface area contributed by atoms with Crippen molar-refractivity contribution in [3.63, 3.8) is 0 Å². The predicted octanol–water partition coefficient (Wildman–Crippen LogP) is 1.87. The van der Waals surface area contributed by atoms with E-state index in [-0.39, 0.29) is 0 Å². The van der Waals surface area contributed by atoms with Crippen LogP contribution < -0.4 is 5.32 Å². The molecule has 1 aromatic rings. The van der Waals surface area contributed by atoms with E-state index in [9.17, 15) is 0 Å². The molecule has 2 heterocycles. The Bertz CT molecular complexity index is 328. The maximum Gasteiger partial charge on any atom is 0.122 e. The van der Waals surface area contributed by atoms with E-state index in [0.717, 1.165) is 25.5 Å². The largest absolute Gasteiger partial charge is 0.334 e. The van der Waals surface area contributed by atoms with Gasteiger partial charge in [0.05, 0.1) is 6.54 Å². The zero-order valence-electron chi connectivity index (χ0n) is 11.6. The average Bonchev–Trinajstić information content (AvgIpc) is 2.87. The molecule has 1 aromatic heterocycles. The van der Waals surface area contributed by atoms with Crippen LogP contribution in [0.2, 0.25) is 0 Å². The molecule has 1 aliphatic rings. The maximum absolute atomic E-state index is 4.36. The fourth-order valence-corrected chi connectivity index (χ4v) is 2.61. The van der Waals surface area contributed by atoms with Crippen LogP contribution in [0.15, 0.2) is 12.4 Å². The van der Waals surface area contributed by atoms with Crippen molar-refractivity contribution in [1.29, 1.82) is 0 Å². The molecular formula is C14H26N4. The first-order valence-corrected chi connectivity index (χ1v) is 7.33. The van der Waals surface area contributed by atoms with E-state index in [1.807, 2.05) is 12.4 Å². The van der Waals surface area contributed by atoms with Crippen LogP contribution in [-0.4, -0.2) is 40.6 Å². The summed E-state index contributed by atoms with van der Waals surface area (Å²) in [7, 11) is 0. The molecule has 2 rings (SSSR count). The number of piperidine rings is 1. The smallest absolute Gasteiger partial charge is 0.122 e. The monoisotopic (exact) mass is 250 g/mol. The lowest BCUT2D eigenvalue weighted by Crippen LogP contribution is -2.32. The number of aryl methyl sites for hydroxylation is 1. The summed E-state index contributed by atoms with van der Waals surface area (Å²) >= 11 is 0. The summed E-state index contributed by atoms with van der Waals surface area (Å²) in [6, 6.07) is 0. The molecule has 4 nitrogen and oxygen atoms in total. The summed E-state index contributed by atoms with van der Waals surface area (Å²) in [4.78, 5) is 6.96. The first-order chi connectivity index (χ1) is 8.90. The molecule has 0 saturated carbocycles. The van der Waals surface area contributed by atoms with Crippen molar-refractivity contribution in [3.8, 4) is 0 Å².